The van der Waals surface area contributed by atoms with Crippen LogP contribution in [0.25, 0.3) is 21.9 Å². The number of hydrogen-bond acceptors (Lipinski definition) is 7. The number of aryl methyl sites for hydroxylation is 1. The van der Waals surface area contributed by atoms with E-state index in [-0.39, 0.29) is 12.2 Å². The van der Waals surface area contributed by atoms with Crippen molar-refractivity contribution in [1.29, 1.82) is 0 Å². The van der Waals surface area contributed by atoms with E-state index in [0.717, 1.165) is 35.7 Å². The minimum Gasteiger partial charge on any atom is -0.548 e. The number of phenolic OH excluding ortho intramolecular Hbond substituents is 1. The van der Waals surface area contributed by atoms with E-state index in [9.17, 15) is 24.6 Å². The maximum absolute atomic E-state index is 12.4. The highest BCUT2D eigenvalue weighted by Crippen LogP contribution is 2.25. The second kappa shape index (κ2) is 10.3. The van der Waals surface area contributed by atoms with Crippen molar-refractivity contribution in [2.75, 3.05) is 6.61 Å². The van der Waals surface area contributed by atoms with Gasteiger partial charge in [-0.2, -0.15) is 0 Å². The van der Waals surface area contributed by atoms with E-state index in [4.69, 9.17) is 9.15 Å². The normalized spacial score (nSPS) is 12.0. The molecule has 4 aromatic rings. The molecule has 2 heterocycles. The van der Waals surface area contributed by atoms with Gasteiger partial charge in [-0.3, -0.25) is 4.79 Å². The number of ether oxygens (including phenoxy) is 1. The third-order valence-electron chi connectivity index (χ3n) is 5.77. The average molecular weight is 477 g/mol. The number of unbranched alkanes of at least 4 members (excludes halogenated alkanes) is 1. The van der Waals surface area contributed by atoms with Gasteiger partial charge >= 0.3 is 5.63 Å². The number of carboxylic acid groups (broad SMARTS) is 1. The fourth-order valence-corrected chi connectivity index (χ4v) is 4.01. The quantitative estimate of drug-likeness (QED) is 0.297. The van der Waals surface area contributed by atoms with Crippen LogP contribution in [0.15, 0.2) is 57.9 Å². The number of aromatic amines is 1. The molecule has 0 unspecified atom stereocenters. The number of nitrogens with one attached hydrogen (secondary N) is 2. The summed E-state index contributed by atoms with van der Waals surface area (Å²) in [6.45, 7) is 1.63. The summed E-state index contributed by atoms with van der Waals surface area (Å²) in [5.74, 6) is -1.75. The van der Waals surface area contributed by atoms with Crippen molar-refractivity contribution in [3.05, 3.63) is 70.2 Å². The number of fused-ring (bicyclic) bond motifs is 2. The van der Waals surface area contributed by atoms with Gasteiger partial charge in [-0.25, -0.2) is 4.79 Å². The van der Waals surface area contributed by atoms with Crippen LogP contribution >= 0.6 is 0 Å². The van der Waals surface area contributed by atoms with Gasteiger partial charge in [0.25, 0.3) is 5.91 Å². The Balaban J connectivity index is 1.42. The van der Waals surface area contributed by atoms with Gasteiger partial charge in [-0.15, -0.1) is 0 Å². The number of aromatic hydroxyl groups is 1. The number of aromatic nitrogens is 1. The van der Waals surface area contributed by atoms with Gasteiger partial charge in [0, 0.05) is 41.0 Å². The first-order valence-electron chi connectivity index (χ1n) is 11.3. The number of amides is 1. The van der Waals surface area contributed by atoms with E-state index in [1.807, 2.05) is 0 Å². The fourth-order valence-electron chi connectivity index (χ4n) is 4.01. The zero-order valence-electron chi connectivity index (χ0n) is 19.1. The summed E-state index contributed by atoms with van der Waals surface area (Å²) >= 11 is 0. The van der Waals surface area contributed by atoms with Crippen LogP contribution in [0, 0.1) is 0 Å². The molecule has 0 fully saturated rings. The monoisotopic (exact) mass is 477 g/mol. The number of carbonyl (C=O) groups excluding carboxylic acids is 2. The van der Waals surface area contributed by atoms with Gasteiger partial charge in [0.15, 0.2) is 6.61 Å². The largest absolute Gasteiger partial charge is 0.548 e. The summed E-state index contributed by atoms with van der Waals surface area (Å²) in [5.41, 5.74) is 2.13. The number of rotatable bonds is 10. The maximum atomic E-state index is 12.4. The SMILES string of the molecule is CCCCc1cc(=O)oc2cc(OCC(=O)N[C@@H](Cc3c[nH]c4ccc(O)cc34)C(=O)[O-])ccc12. The lowest BCUT2D eigenvalue weighted by atomic mass is 10.0. The summed E-state index contributed by atoms with van der Waals surface area (Å²) in [4.78, 5) is 39.0. The van der Waals surface area contributed by atoms with Crippen molar-refractivity contribution in [2.45, 2.75) is 38.6 Å². The van der Waals surface area contributed by atoms with Crippen LogP contribution in [0.5, 0.6) is 11.5 Å². The predicted molar refractivity (Wildman–Crippen MR) is 127 cm³/mol. The molecule has 182 valence electrons. The zero-order valence-corrected chi connectivity index (χ0v) is 19.1. The van der Waals surface area contributed by atoms with Crippen molar-refractivity contribution in [1.82, 2.24) is 10.3 Å². The van der Waals surface area contributed by atoms with Crippen LogP contribution < -0.4 is 20.8 Å². The zero-order chi connectivity index (χ0) is 24.9. The lowest BCUT2D eigenvalue weighted by molar-refractivity contribution is -0.308. The van der Waals surface area contributed by atoms with Gasteiger partial charge in [0.1, 0.15) is 17.1 Å². The van der Waals surface area contributed by atoms with Crippen LogP contribution in [0.4, 0.5) is 0 Å². The third kappa shape index (κ3) is 5.63. The van der Waals surface area contributed by atoms with E-state index in [1.165, 1.54) is 24.3 Å². The Bertz CT molecular complexity index is 1440. The molecule has 0 saturated carbocycles. The number of hydrogen-bond donors (Lipinski definition) is 3. The Hall–Kier alpha value is -4.27. The van der Waals surface area contributed by atoms with E-state index in [1.54, 1.807) is 24.4 Å². The second-order valence-electron chi connectivity index (χ2n) is 8.33. The molecule has 0 spiro atoms. The van der Waals surface area contributed by atoms with Gasteiger partial charge in [-0.1, -0.05) is 13.3 Å². The summed E-state index contributed by atoms with van der Waals surface area (Å²) in [6, 6.07) is 9.87. The van der Waals surface area contributed by atoms with Crippen molar-refractivity contribution in [3.8, 4) is 11.5 Å². The van der Waals surface area contributed by atoms with Gasteiger partial charge in [-0.05, 0) is 54.3 Å². The lowest BCUT2D eigenvalue weighted by Gasteiger charge is -2.19. The minimum absolute atomic E-state index is 0.0425. The third-order valence-corrected chi connectivity index (χ3v) is 5.77. The van der Waals surface area contributed by atoms with E-state index in [2.05, 4.69) is 17.2 Å². The minimum atomic E-state index is -1.44. The molecule has 0 saturated heterocycles. The number of carboxylic acids is 1. The molecule has 0 radical (unpaired) electrons. The molecule has 0 aliphatic carbocycles. The van der Waals surface area contributed by atoms with Gasteiger partial charge in [0.05, 0.1) is 12.0 Å². The molecular formula is C26H25N2O7-. The fraction of sp³-hybridized carbons (Fsp3) is 0.269. The van der Waals surface area contributed by atoms with Crippen LogP contribution in [0.3, 0.4) is 0 Å². The standard InChI is InChI=1S/C26H26N2O7/c1-2-3-4-15-10-25(31)35-23-12-18(6-7-19(15)23)34-14-24(30)28-22(26(32)33)9-16-13-27-21-8-5-17(29)11-20(16)21/h5-8,10-13,22,27,29H,2-4,9,14H2,1H3,(H,28,30)(H,32,33)/p-1/t22-/m0/s1. The summed E-state index contributed by atoms with van der Waals surface area (Å²) in [6.07, 6.45) is 4.27. The number of benzene rings is 2. The molecule has 3 N–H and O–H groups in total. The molecular weight excluding hydrogens is 452 g/mol. The smallest absolute Gasteiger partial charge is 0.336 e. The molecule has 4 rings (SSSR count). The topological polar surface area (TPSA) is 145 Å². The first kappa shape index (κ1) is 23.9. The maximum Gasteiger partial charge on any atom is 0.336 e. The molecule has 35 heavy (non-hydrogen) atoms. The highest BCUT2D eigenvalue weighted by Gasteiger charge is 2.17. The van der Waals surface area contributed by atoms with E-state index < -0.39 is 30.2 Å². The van der Waals surface area contributed by atoms with Crippen LogP contribution in [-0.2, 0) is 22.4 Å². The first-order chi connectivity index (χ1) is 16.8. The Labute approximate surface area is 200 Å². The molecule has 9 nitrogen and oxygen atoms in total. The number of aliphatic carboxylic acids is 1. The van der Waals surface area contributed by atoms with Crippen molar-refractivity contribution in [3.63, 3.8) is 0 Å². The molecule has 1 atom stereocenters. The van der Waals surface area contributed by atoms with Crippen molar-refractivity contribution in [2.24, 2.45) is 0 Å². The van der Waals surface area contributed by atoms with Crippen LogP contribution in [0.1, 0.15) is 30.9 Å². The van der Waals surface area contributed by atoms with Crippen LogP contribution in [0.2, 0.25) is 0 Å². The van der Waals surface area contributed by atoms with Crippen LogP contribution in [-0.4, -0.2) is 34.6 Å². The Kier molecular flexibility index (Phi) is 7.05. The first-order valence-corrected chi connectivity index (χ1v) is 11.3. The number of carbonyl (C=O) groups is 2. The van der Waals surface area contributed by atoms with Crippen molar-refractivity contribution < 1.29 is 29.0 Å². The Morgan fingerprint density at radius 2 is 1.97 bits per heavy atom. The van der Waals surface area contributed by atoms with Crippen molar-refractivity contribution >= 4 is 33.7 Å². The highest BCUT2D eigenvalue weighted by molar-refractivity contribution is 5.87. The number of H-pyrrole nitrogens is 1. The predicted octanol–water partition coefficient (Wildman–Crippen LogP) is 2.18. The summed E-state index contributed by atoms with van der Waals surface area (Å²) < 4.78 is 10.8. The Morgan fingerprint density at radius 1 is 1.14 bits per heavy atom. The lowest BCUT2D eigenvalue weighted by Crippen LogP contribution is -2.50. The Morgan fingerprint density at radius 3 is 2.74 bits per heavy atom. The molecule has 0 bridgehead atoms. The average Bonchev–Trinajstić information content (AvgIpc) is 3.22. The summed E-state index contributed by atoms with van der Waals surface area (Å²) in [5, 5.41) is 25.2. The summed E-state index contributed by atoms with van der Waals surface area (Å²) in [7, 11) is 0. The molecule has 0 aliphatic heterocycles. The second-order valence-corrected chi connectivity index (χ2v) is 8.33. The molecule has 1 amide bonds. The van der Waals surface area contributed by atoms with E-state index >= 15 is 0 Å². The number of phenols is 1. The van der Waals surface area contributed by atoms with Gasteiger partial charge < -0.3 is 34.5 Å². The molecule has 2 aromatic heterocycles. The molecule has 2 aromatic carbocycles. The molecule has 0 aliphatic rings. The molecule has 9 heteroatoms. The van der Waals surface area contributed by atoms with Gasteiger partial charge in [0.2, 0.25) is 0 Å². The highest BCUT2D eigenvalue weighted by atomic mass is 16.5. The van der Waals surface area contributed by atoms with E-state index in [0.29, 0.717) is 22.3 Å².